The van der Waals surface area contributed by atoms with Gasteiger partial charge in [0.25, 0.3) is 0 Å². The van der Waals surface area contributed by atoms with E-state index < -0.39 is 6.04 Å². The summed E-state index contributed by atoms with van der Waals surface area (Å²) in [6.07, 6.45) is 2.06. The number of carbonyl (C=O) groups is 2. The van der Waals surface area contributed by atoms with E-state index in [1.807, 2.05) is 61.5 Å². The minimum atomic E-state index is -0.458. The molecule has 5 rings (SSSR count). The van der Waals surface area contributed by atoms with Crippen LogP contribution in [-0.4, -0.2) is 35.9 Å². The van der Waals surface area contributed by atoms with E-state index in [-0.39, 0.29) is 24.3 Å². The topological polar surface area (TPSA) is 77.2 Å². The van der Waals surface area contributed by atoms with Crippen molar-refractivity contribution < 1.29 is 9.59 Å². The third-order valence-electron chi connectivity index (χ3n) is 6.23. The molecule has 0 saturated carbocycles. The second-order valence-electron chi connectivity index (χ2n) is 8.37. The predicted octanol–water partition coefficient (Wildman–Crippen LogP) is 4.26. The molecule has 3 N–H and O–H groups in total. The van der Waals surface area contributed by atoms with E-state index in [4.69, 9.17) is 0 Å². The summed E-state index contributed by atoms with van der Waals surface area (Å²) in [5.41, 5.74) is 4.85. The van der Waals surface area contributed by atoms with Crippen LogP contribution in [0.4, 0.5) is 11.4 Å². The lowest BCUT2D eigenvalue weighted by Gasteiger charge is -2.31. The Morgan fingerprint density at radius 2 is 1.73 bits per heavy atom. The average molecular weight is 439 g/mol. The lowest BCUT2D eigenvalue weighted by Crippen LogP contribution is -2.50. The molecule has 1 aliphatic rings. The van der Waals surface area contributed by atoms with Crippen molar-refractivity contribution in [2.75, 3.05) is 23.3 Å². The summed E-state index contributed by atoms with van der Waals surface area (Å²) < 4.78 is 0. The van der Waals surface area contributed by atoms with Crippen molar-refractivity contribution in [1.82, 2.24) is 10.3 Å². The van der Waals surface area contributed by atoms with Crippen molar-refractivity contribution in [3.63, 3.8) is 0 Å². The highest BCUT2D eigenvalue weighted by Crippen LogP contribution is 2.31. The van der Waals surface area contributed by atoms with Gasteiger partial charge in [0.2, 0.25) is 11.8 Å². The number of nitrogens with zero attached hydrogens (tertiary/aromatic N) is 1. The van der Waals surface area contributed by atoms with E-state index in [9.17, 15) is 9.59 Å². The van der Waals surface area contributed by atoms with Crippen LogP contribution in [0.5, 0.6) is 0 Å². The predicted molar refractivity (Wildman–Crippen MR) is 131 cm³/mol. The standard InChI is InChI=1S/C27H26N4O2/c1-18(27(33)31-17-26(32)30-24-13-7-8-14-25(24)31)28-15-21(19-9-3-2-4-10-19)22-16-29-23-12-6-5-11-20(22)23/h2-14,16,18,21,28-29H,15,17H2,1H3,(H,30,32)/t18-,21-/m0/s1. The van der Waals surface area contributed by atoms with E-state index in [1.165, 1.54) is 16.5 Å². The van der Waals surface area contributed by atoms with Crippen molar-refractivity contribution >= 4 is 34.1 Å². The Morgan fingerprint density at radius 3 is 2.58 bits per heavy atom. The summed E-state index contributed by atoms with van der Waals surface area (Å²) >= 11 is 0. The van der Waals surface area contributed by atoms with Gasteiger partial charge in [-0.2, -0.15) is 0 Å². The van der Waals surface area contributed by atoms with Gasteiger partial charge in [0.1, 0.15) is 6.54 Å². The third kappa shape index (κ3) is 4.13. The molecule has 3 aromatic carbocycles. The van der Waals surface area contributed by atoms with Crippen LogP contribution in [0.2, 0.25) is 0 Å². The lowest BCUT2D eigenvalue weighted by molar-refractivity contribution is -0.123. The molecule has 6 nitrogen and oxygen atoms in total. The summed E-state index contributed by atoms with van der Waals surface area (Å²) in [6, 6.07) is 25.5. The molecule has 0 saturated heterocycles. The number of H-pyrrole nitrogens is 1. The van der Waals surface area contributed by atoms with Gasteiger partial charge in [0, 0.05) is 29.6 Å². The van der Waals surface area contributed by atoms with Crippen LogP contribution in [0.15, 0.2) is 85.1 Å². The van der Waals surface area contributed by atoms with E-state index in [1.54, 1.807) is 4.90 Å². The van der Waals surface area contributed by atoms with E-state index in [0.717, 1.165) is 11.2 Å². The summed E-state index contributed by atoms with van der Waals surface area (Å²) in [4.78, 5) is 30.4. The van der Waals surface area contributed by atoms with Gasteiger partial charge < -0.3 is 15.6 Å². The number of carbonyl (C=O) groups excluding carboxylic acids is 2. The first kappa shape index (κ1) is 21.0. The molecule has 0 unspecified atom stereocenters. The Labute approximate surface area is 192 Å². The van der Waals surface area contributed by atoms with Gasteiger partial charge in [-0.3, -0.25) is 14.5 Å². The maximum atomic E-state index is 13.3. The number of para-hydroxylation sites is 3. The molecule has 0 aliphatic carbocycles. The highest BCUT2D eigenvalue weighted by atomic mass is 16.2. The fraction of sp³-hybridized carbons (Fsp3) is 0.185. The highest BCUT2D eigenvalue weighted by Gasteiger charge is 2.30. The number of nitrogens with one attached hydrogen (secondary N) is 3. The van der Waals surface area contributed by atoms with Gasteiger partial charge in [-0.1, -0.05) is 60.7 Å². The monoisotopic (exact) mass is 438 g/mol. The quantitative estimate of drug-likeness (QED) is 0.421. The SMILES string of the molecule is C[C@H](NC[C@@H](c1ccccc1)c1c[nH]c2ccccc12)C(=O)N1CC(=O)Nc2ccccc21. The zero-order valence-electron chi connectivity index (χ0n) is 18.4. The summed E-state index contributed by atoms with van der Waals surface area (Å²) in [5, 5.41) is 7.45. The normalized spacial score (nSPS) is 15.1. The van der Waals surface area contributed by atoms with E-state index >= 15 is 0 Å². The van der Waals surface area contributed by atoms with Crippen molar-refractivity contribution in [3.05, 3.63) is 96.2 Å². The van der Waals surface area contributed by atoms with Crippen LogP contribution in [0.3, 0.4) is 0 Å². The van der Waals surface area contributed by atoms with Gasteiger partial charge in [-0.15, -0.1) is 0 Å². The molecule has 6 heteroatoms. The van der Waals surface area contributed by atoms with E-state index in [0.29, 0.717) is 12.2 Å². The number of hydrogen-bond donors (Lipinski definition) is 3. The first-order valence-corrected chi connectivity index (χ1v) is 11.2. The van der Waals surface area contributed by atoms with Crippen molar-refractivity contribution in [2.45, 2.75) is 18.9 Å². The second kappa shape index (κ2) is 8.92. The molecule has 0 fully saturated rings. The van der Waals surface area contributed by atoms with Crippen molar-refractivity contribution in [2.24, 2.45) is 0 Å². The molecule has 0 spiro atoms. The molecule has 1 aromatic heterocycles. The number of aromatic nitrogens is 1. The zero-order valence-corrected chi connectivity index (χ0v) is 18.4. The molecule has 2 heterocycles. The number of hydrogen-bond acceptors (Lipinski definition) is 3. The number of rotatable bonds is 6. The Balaban J connectivity index is 1.39. The third-order valence-corrected chi connectivity index (χ3v) is 6.23. The van der Waals surface area contributed by atoms with Crippen LogP contribution in [0, 0.1) is 0 Å². The Hall–Kier alpha value is -3.90. The average Bonchev–Trinajstić information content (AvgIpc) is 3.28. The minimum Gasteiger partial charge on any atom is -0.361 e. The first-order valence-electron chi connectivity index (χ1n) is 11.2. The van der Waals surface area contributed by atoms with Crippen LogP contribution in [0.1, 0.15) is 24.0 Å². The maximum Gasteiger partial charge on any atom is 0.244 e. The van der Waals surface area contributed by atoms with E-state index in [2.05, 4.69) is 46.1 Å². The fourth-order valence-electron chi connectivity index (χ4n) is 4.52. The molecule has 166 valence electrons. The molecule has 0 bridgehead atoms. The number of amides is 2. The van der Waals surface area contributed by atoms with Gasteiger partial charge in [-0.05, 0) is 36.2 Å². The maximum absolute atomic E-state index is 13.3. The molecular formula is C27H26N4O2. The van der Waals surface area contributed by atoms with Gasteiger partial charge in [0.05, 0.1) is 17.4 Å². The molecule has 33 heavy (non-hydrogen) atoms. The fourth-order valence-corrected chi connectivity index (χ4v) is 4.52. The Morgan fingerprint density at radius 1 is 1.00 bits per heavy atom. The molecule has 2 atom stereocenters. The van der Waals surface area contributed by atoms with Crippen molar-refractivity contribution in [1.29, 1.82) is 0 Å². The summed E-state index contributed by atoms with van der Waals surface area (Å²) in [7, 11) is 0. The molecular weight excluding hydrogens is 412 g/mol. The van der Waals surface area contributed by atoms with Crippen LogP contribution >= 0.6 is 0 Å². The van der Waals surface area contributed by atoms with Gasteiger partial charge >= 0.3 is 0 Å². The smallest absolute Gasteiger partial charge is 0.244 e. The summed E-state index contributed by atoms with van der Waals surface area (Å²) in [6.45, 7) is 2.46. The first-order chi connectivity index (χ1) is 16.1. The van der Waals surface area contributed by atoms with Gasteiger partial charge in [0.15, 0.2) is 0 Å². The van der Waals surface area contributed by atoms with Crippen LogP contribution in [-0.2, 0) is 9.59 Å². The Bertz CT molecular complexity index is 1300. The number of aromatic amines is 1. The largest absolute Gasteiger partial charge is 0.361 e. The summed E-state index contributed by atoms with van der Waals surface area (Å²) in [5.74, 6) is -0.243. The highest BCUT2D eigenvalue weighted by molar-refractivity contribution is 6.11. The van der Waals surface area contributed by atoms with Gasteiger partial charge in [-0.25, -0.2) is 0 Å². The van der Waals surface area contributed by atoms with Crippen LogP contribution in [0.25, 0.3) is 10.9 Å². The molecule has 2 amide bonds. The zero-order chi connectivity index (χ0) is 22.8. The van der Waals surface area contributed by atoms with Crippen molar-refractivity contribution in [3.8, 4) is 0 Å². The number of anilines is 2. The van der Waals surface area contributed by atoms with Crippen LogP contribution < -0.4 is 15.5 Å². The molecule has 1 aliphatic heterocycles. The second-order valence-corrected chi connectivity index (χ2v) is 8.37. The lowest BCUT2D eigenvalue weighted by atomic mass is 9.90. The minimum absolute atomic E-state index is 0.0203. The molecule has 4 aromatic rings. The number of fused-ring (bicyclic) bond motifs is 2. The molecule has 0 radical (unpaired) electrons. The number of benzene rings is 3. The Kier molecular flexibility index (Phi) is 5.67.